The van der Waals surface area contributed by atoms with Crippen molar-refractivity contribution >= 4 is 17.6 Å². The van der Waals surface area contributed by atoms with Gasteiger partial charge < -0.3 is 9.67 Å². The number of carboxylic acid groups (broad SMARTS) is 1. The second kappa shape index (κ2) is 5.53. The summed E-state index contributed by atoms with van der Waals surface area (Å²) >= 11 is 6.23. The van der Waals surface area contributed by atoms with Gasteiger partial charge in [-0.1, -0.05) is 17.7 Å². The van der Waals surface area contributed by atoms with Gasteiger partial charge in [-0.2, -0.15) is 0 Å². The largest absolute Gasteiger partial charge is 0.478 e. The van der Waals surface area contributed by atoms with Gasteiger partial charge in [0.2, 0.25) is 0 Å². The average molecular weight is 305 g/mol. The van der Waals surface area contributed by atoms with Gasteiger partial charge in [0.05, 0.1) is 17.8 Å². The van der Waals surface area contributed by atoms with Gasteiger partial charge in [0.15, 0.2) is 0 Å². The Labute approximate surface area is 128 Å². The third-order valence-corrected chi connectivity index (χ3v) is 4.40. The summed E-state index contributed by atoms with van der Waals surface area (Å²) in [6, 6.07) is 4.90. The van der Waals surface area contributed by atoms with E-state index in [1.807, 2.05) is 6.92 Å². The van der Waals surface area contributed by atoms with Crippen LogP contribution >= 0.6 is 11.6 Å². The first kappa shape index (κ1) is 14.1. The zero-order chi connectivity index (χ0) is 15.0. The molecule has 0 bridgehead atoms. The van der Waals surface area contributed by atoms with Crippen molar-refractivity contribution in [1.82, 2.24) is 9.55 Å². The fourth-order valence-corrected chi connectivity index (χ4v) is 3.16. The number of hydrogen-bond donors (Lipinski definition) is 1. The number of imidazole rings is 1. The maximum absolute atomic E-state index is 11.0. The quantitative estimate of drug-likeness (QED) is 0.944. The van der Waals surface area contributed by atoms with Crippen molar-refractivity contribution in [2.24, 2.45) is 0 Å². The van der Waals surface area contributed by atoms with Crippen molar-refractivity contribution in [1.29, 1.82) is 0 Å². The molecule has 21 heavy (non-hydrogen) atoms. The molecule has 2 aromatic rings. The van der Waals surface area contributed by atoms with Crippen molar-refractivity contribution in [2.45, 2.75) is 39.2 Å². The van der Waals surface area contributed by atoms with Gasteiger partial charge in [0.1, 0.15) is 5.82 Å². The second-order valence-corrected chi connectivity index (χ2v) is 5.86. The van der Waals surface area contributed by atoms with Crippen LogP contribution < -0.4 is 0 Å². The van der Waals surface area contributed by atoms with Crippen LogP contribution in [0.4, 0.5) is 0 Å². The van der Waals surface area contributed by atoms with E-state index in [-0.39, 0.29) is 5.56 Å². The Morgan fingerprint density at radius 1 is 1.38 bits per heavy atom. The Kier molecular flexibility index (Phi) is 3.72. The van der Waals surface area contributed by atoms with Gasteiger partial charge in [-0.05, 0) is 50.3 Å². The Hall–Kier alpha value is -1.81. The molecule has 1 heterocycles. The van der Waals surface area contributed by atoms with Crippen LogP contribution in [0.1, 0.15) is 46.0 Å². The Morgan fingerprint density at radius 2 is 2.14 bits per heavy atom. The first-order valence-electron chi connectivity index (χ1n) is 7.13. The first-order chi connectivity index (χ1) is 10.1. The number of fused-ring (bicyclic) bond motifs is 1. The normalized spacial score (nSPS) is 14.0. The first-order valence-corrected chi connectivity index (χ1v) is 7.50. The number of halogens is 1. The standard InChI is InChI=1S/C16H17ClN2O2/c1-10-18-14-4-2-3-5-15(14)19(10)9-12-7-6-11(16(20)21)8-13(12)17/h6-8H,2-5,9H2,1H3,(H,20,21). The smallest absolute Gasteiger partial charge is 0.335 e. The van der Waals surface area contributed by atoms with Crippen molar-refractivity contribution in [2.75, 3.05) is 0 Å². The molecule has 0 saturated carbocycles. The molecule has 0 unspecified atom stereocenters. The molecular formula is C16H17ClN2O2. The summed E-state index contributed by atoms with van der Waals surface area (Å²) in [5.74, 6) is 0.0416. The van der Waals surface area contributed by atoms with Crippen LogP contribution in [0.5, 0.6) is 0 Å². The Bertz CT molecular complexity index is 707. The van der Waals surface area contributed by atoms with E-state index in [9.17, 15) is 4.79 Å². The van der Waals surface area contributed by atoms with Crippen molar-refractivity contribution in [3.8, 4) is 0 Å². The van der Waals surface area contributed by atoms with Crippen LogP contribution in [-0.2, 0) is 19.4 Å². The molecular weight excluding hydrogens is 288 g/mol. The van der Waals surface area contributed by atoms with E-state index < -0.39 is 5.97 Å². The highest BCUT2D eigenvalue weighted by molar-refractivity contribution is 6.31. The summed E-state index contributed by atoms with van der Waals surface area (Å²) in [6.45, 7) is 2.66. The topological polar surface area (TPSA) is 55.1 Å². The number of carboxylic acids is 1. The van der Waals surface area contributed by atoms with Crippen molar-refractivity contribution in [3.63, 3.8) is 0 Å². The molecule has 110 valence electrons. The lowest BCUT2D eigenvalue weighted by Crippen LogP contribution is -2.11. The molecule has 0 radical (unpaired) electrons. The molecule has 0 aliphatic heterocycles. The van der Waals surface area contributed by atoms with Gasteiger partial charge in [-0.25, -0.2) is 9.78 Å². The average Bonchev–Trinajstić information content (AvgIpc) is 2.77. The molecule has 5 heteroatoms. The SMILES string of the molecule is Cc1nc2c(n1Cc1ccc(C(=O)O)cc1Cl)CCCC2. The van der Waals surface area contributed by atoms with E-state index in [1.54, 1.807) is 12.1 Å². The monoisotopic (exact) mass is 304 g/mol. The second-order valence-electron chi connectivity index (χ2n) is 5.46. The number of carbonyl (C=O) groups is 1. The molecule has 1 aromatic carbocycles. The Balaban J connectivity index is 1.94. The predicted octanol–water partition coefficient (Wildman–Crippen LogP) is 3.47. The van der Waals surface area contributed by atoms with Crippen LogP contribution in [0.2, 0.25) is 5.02 Å². The number of aromatic nitrogens is 2. The summed E-state index contributed by atoms with van der Waals surface area (Å²) in [4.78, 5) is 15.6. The molecule has 0 atom stereocenters. The van der Waals surface area contributed by atoms with E-state index in [0.717, 1.165) is 24.2 Å². The molecule has 0 saturated heterocycles. The third-order valence-electron chi connectivity index (χ3n) is 4.05. The molecule has 4 nitrogen and oxygen atoms in total. The number of rotatable bonds is 3. The van der Waals surface area contributed by atoms with E-state index in [0.29, 0.717) is 11.6 Å². The molecule has 0 amide bonds. The van der Waals surface area contributed by atoms with Crippen LogP contribution in [0.15, 0.2) is 18.2 Å². The highest BCUT2D eigenvalue weighted by Gasteiger charge is 2.18. The molecule has 1 aliphatic carbocycles. The van der Waals surface area contributed by atoms with Gasteiger partial charge in [0, 0.05) is 10.7 Å². The summed E-state index contributed by atoms with van der Waals surface area (Å²) in [7, 11) is 0. The molecule has 1 aliphatic rings. The third kappa shape index (κ3) is 2.68. The minimum absolute atomic E-state index is 0.216. The van der Waals surface area contributed by atoms with Crippen molar-refractivity contribution in [3.05, 3.63) is 51.6 Å². The van der Waals surface area contributed by atoms with Crippen LogP contribution in [0.3, 0.4) is 0 Å². The predicted molar refractivity (Wildman–Crippen MR) is 81.1 cm³/mol. The van der Waals surface area contributed by atoms with Crippen LogP contribution in [-0.4, -0.2) is 20.6 Å². The van der Waals surface area contributed by atoms with Crippen LogP contribution in [0.25, 0.3) is 0 Å². The fourth-order valence-electron chi connectivity index (χ4n) is 2.92. The Morgan fingerprint density at radius 3 is 2.86 bits per heavy atom. The summed E-state index contributed by atoms with van der Waals surface area (Å²) in [6.07, 6.45) is 4.51. The maximum Gasteiger partial charge on any atom is 0.335 e. The van der Waals surface area contributed by atoms with E-state index in [1.165, 1.54) is 30.3 Å². The zero-order valence-corrected chi connectivity index (χ0v) is 12.7. The molecule has 1 aromatic heterocycles. The van der Waals surface area contributed by atoms with Gasteiger partial charge in [-0.3, -0.25) is 0 Å². The zero-order valence-electron chi connectivity index (χ0n) is 11.9. The molecule has 0 fully saturated rings. The van der Waals surface area contributed by atoms with Gasteiger partial charge >= 0.3 is 5.97 Å². The van der Waals surface area contributed by atoms with E-state index in [4.69, 9.17) is 16.7 Å². The fraction of sp³-hybridized carbons (Fsp3) is 0.375. The van der Waals surface area contributed by atoms with Crippen LogP contribution in [0, 0.1) is 6.92 Å². The number of aryl methyl sites for hydroxylation is 2. The lowest BCUT2D eigenvalue weighted by atomic mass is 10.0. The van der Waals surface area contributed by atoms with Crippen molar-refractivity contribution < 1.29 is 9.90 Å². The van der Waals surface area contributed by atoms with E-state index in [2.05, 4.69) is 9.55 Å². The lowest BCUT2D eigenvalue weighted by molar-refractivity contribution is 0.0697. The molecule has 1 N–H and O–H groups in total. The highest BCUT2D eigenvalue weighted by Crippen LogP contribution is 2.25. The number of nitrogens with zero attached hydrogens (tertiary/aromatic N) is 2. The summed E-state index contributed by atoms with van der Waals surface area (Å²) in [5, 5.41) is 9.48. The number of hydrogen-bond acceptors (Lipinski definition) is 2. The molecule has 3 rings (SSSR count). The van der Waals surface area contributed by atoms with Gasteiger partial charge in [-0.15, -0.1) is 0 Å². The highest BCUT2D eigenvalue weighted by atomic mass is 35.5. The maximum atomic E-state index is 11.0. The van der Waals surface area contributed by atoms with E-state index >= 15 is 0 Å². The molecule has 0 spiro atoms. The van der Waals surface area contributed by atoms with Gasteiger partial charge in [0.25, 0.3) is 0 Å². The number of benzene rings is 1. The lowest BCUT2D eigenvalue weighted by Gasteiger charge is -2.15. The summed E-state index contributed by atoms with van der Waals surface area (Å²) in [5.41, 5.74) is 3.65. The minimum atomic E-state index is -0.959. The minimum Gasteiger partial charge on any atom is -0.478 e. The number of aromatic carboxylic acids is 1. The summed E-state index contributed by atoms with van der Waals surface area (Å²) < 4.78 is 2.20.